The van der Waals surface area contributed by atoms with E-state index in [2.05, 4.69) is 19.9 Å². The van der Waals surface area contributed by atoms with Gasteiger partial charge in [0.25, 0.3) is 10.0 Å². The van der Waals surface area contributed by atoms with Crippen LogP contribution in [-0.4, -0.2) is 39.0 Å². The average molecular weight is 340 g/mol. The number of hydrogen-bond acceptors (Lipinski definition) is 5. The van der Waals surface area contributed by atoms with E-state index in [0.717, 1.165) is 5.82 Å². The Morgan fingerprint density at radius 2 is 1.78 bits per heavy atom. The van der Waals surface area contributed by atoms with Gasteiger partial charge in [0.2, 0.25) is 0 Å². The van der Waals surface area contributed by atoms with Crippen LogP contribution in [0.1, 0.15) is 39.4 Å². The first-order valence-electron chi connectivity index (χ1n) is 7.60. The molecule has 9 heteroatoms. The van der Waals surface area contributed by atoms with Gasteiger partial charge >= 0.3 is 0 Å². The second kappa shape index (κ2) is 6.79. The van der Waals surface area contributed by atoms with Crippen molar-refractivity contribution >= 4 is 10.0 Å². The molecule has 23 heavy (non-hydrogen) atoms. The molecule has 0 spiro atoms. The van der Waals surface area contributed by atoms with Crippen LogP contribution in [0.5, 0.6) is 0 Å². The van der Waals surface area contributed by atoms with Crippen molar-refractivity contribution in [3.05, 3.63) is 24.4 Å². The highest BCUT2D eigenvalue weighted by Crippen LogP contribution is 2.17. The van der Waals surface area contributed by atoms with Crippen LogP contribution in [0.15, 0.2) is 23.6 Å². The summed E-state index contributed by atoms with van der Waals surface area (Å²) in [4.78, 5) is 5.74. The molecular formula is C14H24N6O2S. The first-order valence-corrected chi connectivity index (χ1v) is 9.08. The molecule has 2 aromatic rings. The molecule has 0 fully saturated rings. The Labute approximate surface area is 137 Å². The van der Waals surface area contributed by atoms with Crippen molar-refractivity contribution in [2.45, 2.75) is 51.2 Å². The summed E-state index contributed by atoms with van der Waals surface area (Å²) >= 11 is 0. The zero-order valence-corrected chi connectivity index (χ0v) is 14.9. The molecule has 1 N–H and O–H groups in total. The van der Waals surface area contributed by atoms with Gasteiger partial charge in [0.05, 0.1) is 18.9 Å². The summed E-state index contributed by atoms with van der Waals surface area (Å²) in [6, 6.07) is -0.322. The summed E-state index contributed by atoms with van der Waals surface area (Å²) in [7, 11) is -1.89. The van der Waals surface area contributed by atoms with E-state index < -0.39 is 10.0 Å². The highest BCUT2D eigenvalue weighted by molar-refractivity contribution is 7.89. The molecule has 2 heterocycles. The number of hydrogen-bond donors (Lipinski definition) is 1. The van der Waals surface area contributed by atoms with Crippen LogP contribution in [0.25, 0.3) is 0 Å². The van der Waals surface area contributed by atoms with E-state index in [1.54, 1.807) is 30.2 Å². The molecule has 0 aliphatic rings. The van der Waals surface area contributed by atoms with E-state index in [-0.39, 0.29) is 22.9 Å². The largest absolute Gasteiger partial charge is 0.336 e. The molecular weight excluding hydrogens is 316 g/mol. The number of aromatic nitrogens is 5. The number of rotatable bonds is 7. The van der Waals surface area contributed by atoms with Gasteiger partial charge in [0, 0.05) is 25.2 Å². The molecule has 0 aliphatic carbocycles. The highest BCUT2D eigenvalue weighted by Gasteiger charge is 2.26. The van der Waals surface area contributed by atoms with Gasteiger partial charge in [-0.1, -0.05) is 27.7 Å². The minimum atomic E-state index is -3.69. The number of nitrogens with zero attached hydrogens (tertiary/aromatic N) is 5. The summed E-state index contributed by atoms with van der Waals surface area (Å²) in [5.74, 6) is 0.974. The Kier molecular flexibility index (Phi) is 5.20. The van der Waals surface area contributed by atoms with Crippen LogP contribution < -0.4 is 4.72 Å². The van der Waals surface area contributed by atoms with Crippen LogP contribution in [0.2, 0.25) is 0 Å². The average Bonchev–Trinajstić information content (AvgIpc) is 3.07. The fourth-order valence-electron chi connectivity index (χ4n) is 2.28. The molecule has 0 saturated heterocycles. The first-order chi connectivity index (χ1) is 10.7. The van der Waals surface area contributed by atoms with E-state index in [4.69, 9.17) is 0 Å². The molecule has 0 amide bonds. The van der Waals surface area contributed by atoms with Gasteiger partial charge in [-0.3, -0.25) is 0 Å². The first kappa shape index (κ1) is 17.6. The highest BCUT2D eigenvalue weighted by atomic mass is 32.2. The fraction of sp³-hybridized carbons (Fsp3) is 0.643. The third-order valence-corrected chi connectivity index (χ3v) is 4.98. The molecule has 8 nitrogen and oxygen atoms in total. The number of sulfonamides is 1. The maximum absolute atomic E-state index is 12.6. The van der Waals surface area contributed by atoms with Gasteiger partial charge < -0.3 is 4.57 Å². The quantitative estimate of drug-likeness (QED) is 0.815. The van der Waals surface area contributed by atoms with Gasteiger partial charge in [-0.25, -0.2) is 18.1 Å². The van der Waals surface area contributed by atoms with Gasteiger partial charge in [-0.15, -0.1) is 0 Å². The van der Waals surface area contributed by atoms with Crippen LogP contribution in [0.4, 0.5) is 0 Å². The Hall–Kier alpha value is -1.74. The lowest BCUT2D eigenvalue weighted by molar-refractivity contribution is 0.361. The van der Waals surface area contributed by atoms with Crippen molar-refractivity contribution in [3.8, 4) is 0 Å². The normalized spacial score (nSPS) is 13.9. The van der Waals surface area contributed by atoms with Crippen molar-refractivity contribution < 1.29 is 8.42 Å². The molecule has 2 aromatic heterocycles. The lowest BCUT2D eigenvalue weighted by Crippen LogP contribution is -2.42. The molecule has 0 saturated carbocycles. The summed E-state index contributed by atoms with van der Waals surface area (Å²) in [5.41, 5.74) is 0. The van der Waals surface area contributed by atoms with E-state index in [1.165, 1.54) is 4.80 Å². The van der Waals surface area contributed by atoms with E-state index in [0.29, 0.717) is 6.54 Å². The van der Waals surface area contributed by atoms with Gasteiger partial charge in [-0.05, 0) is 5.92 Å². The van der Waals surface area contributed by atoms with Crippen LogP contribution in [0, 0.1) is 5.92 Å². The third-order valence-electron chi connectivity index (χ3n) is 3.62. The summed E-state index contributed by atoms with van der Waals surface area (Å²) in [6.07, 6.45) is 4.68. The minimum Gasteiger partial charge on any atom is -0.336 e. The molecule has 128 valence electrons. The van der Waals surface area contributed by atoms with Crippen molar-refractivity contribution in [3.63, 3.8) is 0 Å². The molecule has 0 aliphatic heterocycles. The van der Waals surface area contributed by atoms with Crippen LogP contribution in [0.3, 0.4) is 0 Å². The molecule has 0 aromatic carbocycles. The summed E-state index contributed by atoms with van der Waals surface area (Å²) in [5, 5.41) is 8.11. The van der Waals surface area contributed by atoms with Crippen molar-refractivity contribution in [2.75, 3.05) is 0 Å². The predicted octanol–water partition coefficient (Wildman–Crippen LogP) is 1.14. The topological polar surface area (TPSA) is 94.7 Å². The fourth-order valence-corrected chi connectivity index (χ4v) is 3.65. The summed E-state index contributed by atoms with van der Waals surface area (Å²) in [6.45, 7) is 8.23. The number of imidazole rings is 1. The van der Waals surface area contributed by atoms with Gasteiger partial charge in [0.1, 0.15) is 5.82 Å². The maximum Gasteiger partial charge on any atom is 0.259 e. The lowest BCUT2D eigenvalue weighted by atomic mass is 10.1. The van der Waals surface area contributed by atoms with Crippen molar-refractivity contribution in [1.29, 1.82) is 0 Å². The van der Waals surface area contributed by atoms with Crippen molar-refractivity contribution in [2.24, 2.45) is 13.0 Å². The Morgan fingerprint density at radius 1 is 1.17 bits per heavy atom. The maximum atomic E-state index is 12.6. The SMILES string of the molecule is CC(C)c1nc(S(=O)(=O)NC(Cn2nccn2)C(C)C)cn1C. The van der Waals surface area contributed by atoms with Crippen LogP contribution in [-0.2, 0) is 23.6 Å². The molecule has 0 bridgehead atoms. The Balaban J connectivity index is 2.22. The van der Waals surface area contributed by atoms with Gasteiger partial charge in [0.15, 0.2) is 5.03 Å². The minimum absolute atomic E-state index is 0.0442. The standard InChI is InChI=1S/C14H24N6O2S/c1-10(2)12(8-20-15-6-7-16-20)18-23(21,22)13-9-19(5)14(17-13)11(3)4/h6-7,9-12,18H,8H2,1-5H3. The van der Waals surface area contributed by atoms with E-state index >= 15 is 0 Å². The zero-order valence-electron chi connectivity index (χ0n) is 14.1. The Morgan fingerprint density at radius 3 is 2.26 bits per heavy atom. The monoisotopic (exact) mass is 340 g/mol. The van der Waals surface area contributed by atoms with Crippen molar-refractivity contribution in [1.82, 2.24) is 29.3 Å². The summed E-state index contributed by atoms with van der Waals surface area (Å²) < 4.78 is 29.7. The van der Waals surface area contributed by atoms with Crippen LogP contribution >= 0.6 is 0 Å². The number of nitrogens with one attached hydrogen (secondary N) is 1. The van der Waals surface area contributed by atoms with Gasteiger partial charge in [-0.2, -0.15) is 15.0 Å². The lowest BCUT2D eigenvalue weighted by Gasteiger charge is -2.21. The molecule has 1 atom stereocenters. The molecule has 0 radical (unpaired) electrons. The second-order valence-corrected chi connectivity index (χ2v) is 7.92. The smallest absolute Gasteiger partial charge is 0.259 e. The molecule has 2 rings (SSSR count). The Bertz CT molecular complexity index is 733. The molecule has 1 unspecified atom stereocenters. The van der Waals surface area contributed by atoms with E-state index in [1.807, 2.05) is 27.7 Å². The van der Waals surface area contributed by atoms with E-state index in [9.17, 15) is 8.42 Å². The number of aryl methyl sites for hydroxylation is 1. The second-order valence-electron chi connectivity index (χ2n) is 6.26. The zero-order chi connectivity index (χ0) is 17.2. The predicted molar refractivity (Wildman–Crippen MR) is 86.3 cm³/mol. The third kappa shape index (κ3) is 4.17.